The van der Waals surface area contributed by atoms with E-state index in [1.807, 2.05) is 45.9 Å². The van der Waals surface area contributed by atoms with E-state index >= 15 is 0 Å². The molecule has 1 amide bonds. The maximum Gasteiger partial charge on any atom is 0.330 e. The maximum absolute atomic E-state index is 14.0. The molecule has 11 heteroatoms. The van der Waals surface area contributed by atoms with Crippen LogP contribution in [0.3, 0.4) is 0 Å². The van der Waals surface area contributed by atoms with Gasteiger partial charge in [-0.05, 0) is 62.9 Å². The van der Waals surface area contributed by atoms with E-state index in [0.717, 1.165) is 45.4 Å². The number of methoxy groups -OCH3 is 2. The van der Waals surface area contributed by atoms with Crippen LogP contribution >= 0.6 is 0 Å². The largest absolute Gasteiger partial charge is 0.493 e. The fourth-order valence-electron chi connectivity index (χ4n) is 5.27. The molecule has 42 heavy (non-hydrogen) atoms. The van der Waals surface area contributed by atoms with Gasteiger partial charge in [-0.15, -0.1) is 0 Å². The van der Waals surface area contributed by atoms with Crippen molar-refractivity contribution >= 4 is 17.8 Å². The van der Waals surface area contributed by atoms with Crippen LogP contribution in [-0.2, 0) is 29.0 Å². The molecule has 0 spiro atoms. The van der Waals surface area contributed by atoms with Gasteiger partial charge in [0, 0.05) is 37.5 Å². The van der Waals surface area contributed by atoms with Crippen molar-refractivity contribution in [2.45, 2.75) is 47.2 Å². The van der Waals surface area contributed by atoms with Gasteiger partial charge in [0.2, 0.25) is 0 Å². The summed E-state index contributed by atoms with van der Waals surface area (Å²) in [5, 5.41) is 10.2. The van der Waals surface area contributed by atoms with Gasteiger partial charge in [-0.3, -0.25) is 13.9 Å². The summed E-state index contributed by atoms with van der Waals surface area (Å²) in [7, 11) is 2.92. The Kier molecular flexibility index (Phi) is 9.19. The van der Waals surface area contributed by atoms with E-state index in [2.05, 4.69) is 17.4 Å². The van der Waals surface area contributed by atoms with E-state index in [4.69, 9.17) is 30.3 Å². The molecule has 1 aliphatic heterocycles. The van der Waals surface area contributed by atoms with Crippen molar-refractivity contribution in [2.24, 2.45) is 10.7 Å². The predicted molar refractivity (Wildman–Crippen MR) is 161 cm³/mol. The van der Waals surface area contributed by atoms with Crippen LogP contribution < -0.4 is 31.7 Å². The lowest BCUT2D eigenvalue weighted by Crippen LogP contribution is -2.44. The quantitative estimate of drug-likeness (QED) is 0.193. The van der Waals surface area contributed by atoms with Gasteiger partial charge in [0.1, 0.15) is 11.1 Å². The first-order chi connectivity index (χ1) is 20.1. The van der Waals surface area contributed by atoms with Crippen molar-refractivity contribution in [2.75, 3.05) is 27.4 Å². The second kappa shape index (κ2) is 12.8. The summed E-state index contributed by atoms with van der Waals surface area (Å²) in [4.78, 5) is 31.6. The highest BCUT2D eigenvalue weighted by Gasteiger charge is 2.23. The molecule has 0 aliphatic carbocycles. The molecule has 0 saturated heterocycles. The number of carbonyl (C=O) groups excluding carboxylic acids is 1. The van der Waals surface area contributed by atoms with Crippen LogP contribution in [0.4, 0.5) is 5.69 Å². The van der Waals surface area contributed by atoms with Crippen molar-refractivity contribution in [1.82, 2.24) is 14.5 Å². The molecule has 222 valence electrons. The minimum atomic E-state index is -0.571. The number of carbonyl (C=O) groups is 1. The summed E-state index contributed by atoms with van der Waals surface area (Å²) in [5.74, 6) is 0.522. The van der Waals surface area contributed by atoms with Gasteiger partial charge in [-0.1, -0.05) is 17.7 Å². The Morgan fingerprint density at radius 1 is 1.12 bits per heavy atom. The lowest BCUT2D eigenvalue weighted by molar-refractivity contribution is -0.117. The average Bonchev–Trinajstić information content (AvgIpc) is 2.96. The van der Waals surface area contributed by atoms with Crippen LogP contribution in [0.2, 0.25) is 0 Å². The summed E-state index contributed by atoms with van der Waals surface area (Å²) in [6.45, 7) is 9.17. The molecular formula is C31H38N6O5. The van der Waals surface area contributed by atoms with Crippen LogP contribution in [0.1, 0.15) is 29.2 Å². The van der Waals surface area contributed by atoms with Crippen LogP contribution in [0, 0.1) is 26.2 Å². The van der Waals surface area contributed by atoms with Crippen LogP contribution in [0.15, 0.2) is 51.6 Å². The van der Waals surface area contributed by atoms with Gasteiger partial charge in [0.05, 0.1) is 32.2 Å². The molecule has 1 aliphatic rings. The van der Waals surface area contributed by atoms with E-state index in [9.17, 15) is 9.59 Å². The number of nitrogens with zero attached hydrogens (tertiary/aromatic N) is 3. The normalized spacial score (nSPS) is 13.0. The molecule has 0 fully saturated rings. The van der Waals surface area contributed by atoms with Gasteiger partial charge < -0.3 is 30.7 Å². The molecule has 2 aromatic carbocycles. The first-order valence-electron chi connectivity index (χ1n) is 13.8. The molecule has 0 saturated carbocycles. The van der Waals surface area contributed by atoms with Crippen molar-refractivity contribution in [3.8, 4) is 22.8 Å². The fourth-order valence-corrected chi connectivity index (χ4v) is 5.27. The van der Waals surface area contributed by atoms with Crippen molar-refractivity contribution < 1.29 is 19.0 Å². The number of benzene rings is 2. The fraction of sp³-hybridized carbons (Fsp3) is 0.355. The number of fused-ring (bicyclic) bond motifs is 3. The first kappa shape index (κ1) is 30.2. The zero-order chi connectivity index (χ0) is 30.6. The summed E-state index contributed by atoms with van der Waals surface area (Å²) in [6.07, 6.45) is 1.47. The second-order valence-corrected chi connectivity index (χ2v) is 10.1. The summed E-state index contributed by atoms with van der Waals surface area (Å²) < 4.78 is 19.6. The van der Waals surface area contributed by atoms with Gasteiger partial charge in [0.15, 0.2) is 17.4 Å². The Balaban J connectivity index is 1.87. The van der Waals surface area contributed by atoms with Crippen LogP contribution in [0.5, 0.6) is 11.5 Å². The Morgan fingerprint density at radius 2 is 1.83 bits per heavy atom. The SMILES string of the molecule is CCOc1cc2c(cc1OC)-c1cc(=Nc3c(C)cc(C)cc3C)n(CCNC(=O)C(C=N)=C(N)OC)c(=O)n1CC2. The zero-order valence-corrected chi connectivity index (χ0v) is 25.0. The molecule has 0 radical (unpaired) electrons. The number of amides is 1. The van der Waals surface area contributed by atoms with Crippen molar-refractivity contribution in [1.29, 1.82) is 5.41 Å². The lowest BCUT2D eigenvalue weighted by atomic mass is 9.97. The van der Waals surface area contributed by atoms with E-state index in [1.165, 1.54) is 7.11 Å². The minimum Gasteiger partial charge on any atom is -0.493 e. The predicted octanol–water partition coefficient (Wildman–Crippen LogP) is 3.02. The molecule has 3 aromatic rings. The van der Waals surface area contributed by atoms with Crippen molar-refractivity contribution in [3.63, 3.8) is 0 Å². The molecule has 11 nitrogen and oxygen atoms in total. The van der Waals surface area contributed by atoms with Gasteiger partial charge in [-0.2, -0.15) is 0 Å². The van der Waals surface area contributed by atoms with E-state index in [1.54, 1.807) is 16.2 Å². The van der Waals surface area contributed by atoms with Crippen LogP contribution in [0.25, 0.3) is 11.3 Å². The standard InChI is InChI=1S/C31H38N6O5/c1-7-42-26-14-21-8-10-36-24(22(21)15-25(26)40-5)16-27(35-28-19(3)12-18(2)13-20(28)4)37(31(36)39)11-9-34-30(38)23(17-32)29(33)41-6/h12-17,32H,7-11,33H2,1-6H3,(H,34,38). The minimum absolute atomic E-state index is 0.0996. The monoisotopic (exact) mass is 574 g/mol. The van der Waals surface area contributed by atoms with Crippen molar-refractivity contribution in [3.05, 3.63) is 80.0 Å². The molecule has 4 rings (SSSR count). The highest BCUT2D eigenvalue weighted by Crippen LogP contribution is 2.37. The number of nitrogens with two attached hydrogens (primary N) is 1. The third-order valence-electron chi connectivity index (χ3n) is 7.22. The van der Waals surface area contributed by atoms with E-state index < -0.39 is 5.91 Å². The molecule has 0 unspecified atom stereocenters. The van der Waals surface area contributed by atoms with Crippen LogP contribution in [-0.4, -0.2) is 48.6 Å². The number of hydrogen-bond acceptors (Lipinski definition) is 8. The molecule has 4 N–H and O–H groups in total. The van der Waals surface area contributed by atoms with Gasteiger partial charge in [0.25, 0.3) is 5.91 Å². The van der Waals surface area contributed by atoms with E-state index in [0.29, 0.717) is 36.6 Å². The number of ether oxygens (including phenoxy) is 3. The average molecular weight is 575 g/mol. The lowest BCUT2D eigenvalue weighted by Gasteiger charge is -2.25. The van der Waals surface area contributed by atoms with Gasteiger partial charge in [-0.25, -0.2) is 9.79 Å². The smallest absolute Gasteiger partial charge is 0.330 e. The number of nitrogens with one attached hydrogen (secondary N) is 2. The highest BCUT2D eigenvalue weighted by atomic mass is 16.5. The Morgan fingerprint density at radius 3 is 2.45 bits per heavy atom. The summed E-state index contributed by atoms with van der Waals surface area (Å²) in [6, 6.07) is 9.91. The summed E-state index contributed by atoms with van der Waals surface area (Å²) >= 11 is 0. The number of aromatic nitrogens is 2. The Bertz CT molecular complexity index is 1680. The molecule has 0 bridgehead atoms. The molecule has 0 atom stereocenters. The summed E-state index contributed by atoms with van der Waals surface area (Å²) in [5.41, 5.74) is 12.4. The third-order valence-corrected chi connectivity index (χ3v) is 7.22. The number of rotatable bonds is 10. The van der Waals surface area contributed by atoms with E-state index in [-0.39, 0.29) is 30.2 Å². The molecule has 1 aromatic heterocycles. The number of hydrogen-bond donors (Lipinski definition) is 3. The molecular weight excluding hydrogens is 536 g/mol. The Hall–Kier alpha value is -4.80. The third kappa shape index (κ3) is 5.95. The Labute approximate surface area is 244 Å². The molecule has 2 heterocycles. The zero-order valence-electron chi connectivity index (χ0n) is 25.0. The first-order valence-corrected chi connectivity index (χ1v) is 13.8. The van der Waals surface area contributed by atoms with Gasteiger partial charge >= 0.3 is 5.69 Å². The number of aryl methyl sites for hydroxylation is 4. The topological polar surface area (TPSA) is 146 Å². The second-order valence-electron chi connectivity index (χ2n) is 10.1. The highest BCUT2D eigenvalue weighted by molar-refractivity contribution is 6.11. The maximum atomic E-state index is 14.0.